The lowest BCUT2D eigenvalue weighted by Crippen LogP contribution is -2.12. The molecule has 0 spiro atoms. The third-order valence-electron chi connectivity index (χ3n) is 3.24. The highest BCUT2D eigenvalue weighted by Crippen LogP contribution is 2.24. The van der Waals surface area contributed by atoms with Gasteiger partial charge in [-0.1, -0.05) is 12.2 Å². The predicted octanol–water partition coefficient (Wildman–Crippen LogP) is 2.48. The maximum atomic E-state index is 5.63. The van der Waals surface area contributed by atoms with Crippen molar-refractivity contribution in [3.63, 3.8) is 0 Å². The van der Waals surface area contributed by atoms with Gasteiger partial charge in [0.15, 0.2) is 5.65 Å². The molecule has 0 aromatic carbocycles. The number of nitrogens with zero attached hydrogens (tertiary/aromatic N) is 4. The van der Waals surface area contributed by atoms with E-state index in [0.717, 1.165) is 28.1 Å². The van der Waals surface area contributed by atoms with E-state index in [4.69, 9.17) is 22.9 Å². The van der Waals surface area contributed by atoms with E-state index in [1.54, 1.807) is 12.4 Å². The normalized spacial score (nSPS) is 10.9. The molecule has 0 unspecified atom stereocenters. The van der Waals surface area contributed by atoms with Crippen LogP contribution in [0.5, 0.6) is 0 Å². The fraction of sp³-hybridized carbons (Fsp3) is 0.200. The quantitative estimate of drug-likeness (QED) is 0.749. The molecule has 0 aliphatic rings. The van der Waals surface area contributed by atoms with Gasteiger partial charge in [0.25, 0.3) is 0 Å². The molecule has 3 rings (SSSR count). The van der Waals surface area contributed by atoms with E-state index < -0.39 is 0 Å². The third kappa shape index (κ3) is 2.75. The molecule has 0 aliphatic carbocycles. The van der Waals surface area contributed by atoms with Crippen molar-refractivity contribution in [2.24, 2.45) is 5.73 Å². The van der Waals surface area contributed by atoms with Gasteiger partial charge in [0.1, 0.15) is 11.3 Å². The first kappa shape index (κ1) is 13.6. The molecular formula is C15H15N5S. The van der Waals surface area contributed by atoms with Gasteiger partial charge in [0.2, 0.25) is 0 Å². The van der Waals surface area contributed by atoms with Crippen LogP contribution in [0.3, 0.4) is 0 Å². The highest BCUT2D eigenvalue weighted by molar-refractivity contribution is 7.80. The Labute approximate surface area is 127 Å². The Kier molecular flexibility index (Phi) is 3.62. The summed E-state index contributed by atoms with van der Waals surface area (Å²) >= 11 is 4.99. The highest BCUT2D eigenvalue weighted by atomic mass is 32.1. The number of imidazole rings is 1. The van der Waals surface area contributed by atoms with E-state index in [-0.39, 0.29) is 0 Å². The van der Waals surface area contributed by atoms with Crippen LogP contribution in [0.4, 0.5) is 0 Å². The Hall–Kier alpha value is -2.34. The lowest BCUT2D eigenvalue weighted by molar-refractivity contribution is 0.749. The Bertz CT molecular complexity index is 794. The molecule has 0 fully saturated rings. The van der Waals surface area contributed by atoms with Gasteiger partial charge in [-0.25, -0.2) is 9.97 Å². The fourth-order valence-electron chi connectivity index (χ4n) is 2.27. The van der Waals surface area contributed by atoms with Crippen LogP contribution >= 0.6 is 12.2 Å². The Balaban J connectivity index is 2.17. The average molecular weight is 297 g/mol. The van der Waals surface area contributed by atoms with Gasteiger partial charge in [0.05, 0.1) is 4.99 Å². The van der Waals surface area contributed by atoms with E-state index in [9.17, 15) is 0 Å². The maximum Gasteiger partial charge on any atom is 0.160 e. The van der Waals surface area contributed by atoms with Crippen molar-refractivity contribution in [3.8, 4) is 11.4 Å². The lowest BCUT2D eigenvalue weighted by Gasteiger charge is -2.08. The largest absolute Gasteiger partial charge is 0.393 e. The van der Waals surface area contributed by atoms with Crippen LogP contribution in [0.1, 0.15) is 12.0 Å². The zero-order valence-corrected chi connectivity index (χ0v) is 12.5. The molecule has 0 radical (unpaired) electrons. The number of aryl methyl sites for hydroxylation is 2. The number of aromatic nitrogens is 4. The second-order valence-electron chi connectivity index (χ2n) is 4.89. The molecule has 3 aromatic rings. The van der Waals surface area contributed by atoms with Crippen LogP contribution in [0.25, 0.3) is 22.6 Å². The molecule has 2 N–H and O–H groups in total. The summed E-state index contributed by atoms with van der Waals surface area (Å²) in [6, 6.07) is 5.90. The summed E-state index contributed by atoms with van der Waals surface area (Å²) in [4.78, 5) is 13.8. The molecule has 3 aromatic heterocycles. The summed E-state index contributed by atoms with van der Waals surface area (Å²) in [5, 5.41) is 0. The molecular weight excluding hydrogens is 282 g/mol. The summed E-state index contributed by atoms with van der Waals surface area (Å²) < 4.78 is 2.06. The van der Waals surface area contributed by atoms with Gasteiger partial charge in [-0.2, -0.15) is 0 Å². The first-order chi connectivity index (χ1) is 10.1. The molecule has 0 aliphatic heterocycles. The smallest absolute Gasteiger partial charge is 0.160 e. The van der Waals surface area contributed by atoms with Crippen molar-refractivity contribution in [1.29, 1.82) is 0 Å². The van der Waals surface area contributed by atoms with Crippen LogP contribution in [-0.2, 0) is 6.54 Å². The number of rotatable bonds is 4. The van der Waals surface area contributed by atoms with Crippen molar-refractivity contribution < 1.29 is 0 Å². The Morgan fingerprint density at radius 2 is 2.10 bits per heavy atom. The lowest BCUT2D eigenvalue weighted by atomic mass is 10.2. The molecule has 0 saturated heterocycles. The van der Waals surface area contributed by atoms with Gasteiger partial charge in [0, 0.05) is 37.1 Å². The topological polar surface area (TPSA) is 69.6 Å². The standard InChI is InChI=1S/C15H15N5S/c1-10-8-12-15(18-9-10)20(7-4-13(16)21)14(19-12)11-2-5-17-6-3-11/h2-3,5-6,8-9H,4,7H2,1H3,(H2,16,21). The number of pyridine rings is 2. The third-order valence-corrected chi connectivity index (χ3v) is 3.45. The van der Waals surface area contributed by atoms with E-state index in [1.165, 1.54) is 0 Å². The zero-order valence-electron chi connectivity index (χ0n) is 11.7. The summed E-state index contributed by atoms with van der Waals surface area (Å²) in [7, 11) is 0. The molecule has 0 atom stereocenters. The van der Waals surface area contributed by atoms with Crippen molar-refractivity contribution >= 4 is 28.4 Å². The van der Waals surface area contributed by atoms with Crippen molar-refractivity contribution in [2.75, 3.05) is 0 Å². The van der Waals surface area contributed by atoms with Gasteiger partial charge >= 0.3 is 0 Å². The molecule has 0 amide bonds. The van der Waals surface area contributed by atoms with Crippen molar-refractivity contribution in [2.45, 2.75) is 19.9 Å². The second kappa shape index (κ2) is 5.57. The summed E-state index contributed by atoms with van der Waals surface area (Å²) in [6.07, 6.45) is 5.97. The monoisotopic (exact) mass is 297 g/mol. The van der Waals surface area contributed by atoms with Gasteiger partial charge in [-0.3, -0.25) is 4.98 Å². The molecule has 0 saturated carbocycles. The second-order valence-corrected chi connectivity index (χ2v) is 5.42. The molecule has 3 heterocycles. The number of hydrogen-bond donors (Lipinski definition) is 1. The average Bonchev–Trinajstić information content (AvgIpc) is 2.83. The van der Waals surface area contributed by atoms with Crippen LogP contribution in [0.2, 0.25) is 0 Å². The fourth-order valence-corrected chi connectivity index (χ4v) is 2.36. The first-order valence-electron chi connectivity index (χ1n) is 6.67. The van der Waals surface area contributed by atoms with Crippen LogP contribution in [0, 0.1) is 6.92 Å². The van der Waals surface area contributed by atoms with Crippen LogP contribution in [0.15, 0.2) is 36.8 Å². The first-order valence-corrected chi connectivity index (χ1v) is 7.07. The van der Waals surface area contributed by atoms with Crippen LogP contribution < -0.4 is 5.73 Å². The number of fused-ring (bicyclic) bond motifs is 1. The molecule has 5 nitrogen and oxygen atoms in total. The minimum atomic E-state index is 0.490. The Morgan fingerprint density at radius 1 is 1.33 bits per heavy atom. The summed E-state index contributed by atoms with van der Waals surface area (Å²) in [6.45, 7) is 2.67. The van der Waals surface area contributed by atoms with E-state index in [2.05, 4.69) is 14.5 Å². The molecule has 6 heteroatoms. The highest BCUT2D eigenvalue weighted by Gasteiger charge is 2.13. The van der Waals surface area contributed by atoms with E-state index in [0.29, 0.717) is 18.0 Å². The summed E-state index contributed by atoms with van der Waals surface area (Å²) in [5.74, 6) is 0.863. The maximum absolute atomic E-state index is 5.63. The number of nitrogens with two attached hydrogens (primary N) is 1. The Morgan fingerprint density at radius 3 is 2.81 bits per heavy atom. The SMILES string of the molecule is Cc1cnc2c(c1)nc(-c1ccncc1)n2CCC(N)=S. The van der Waals surface area contributed by atoms with Crippen LogP contribution in [-0.4, -0.2) is 24.5 Å². The minimum absolute atomic E-state index is 0.490. The number of hydrogen-bond acceptors (Lipinski definition) is 4. The van der Waals surface area contributed by atoms with Crippen molar-refractivity contribution in [3.05, 3.63) is 42.4 Å². The molecule has 0 bridgehead atoms. The zero-order chi connectivity index (χ0) is 14.8. The van der Waals surface area contributed by atoms with E-state index >= 15 is 0 Å². The number of thiocarbonyl (C=S) groups is 1. The van der Waals surface area contributed by atoms with Gasteiger partial charge in [-0.15, -0.1) is 0 Å². The predicted molar refractivity (Wildman–Crippen MR) is 86.9 cm³/mol. The van der Waals surface area contributed by atoms with Crippen molar-refractivity contribution in [1.82, 2.24) is 19.5 Å². The molecule has 21 heavy (non-hydrogen) atoms. The summed E-state index contributed by atoms with van der Waals surface area (Å²) in [5.41, 5.74) is 9.45. The van der Waals surface area contributed by atoms with Gasteiger partial charge in [-0.05, 0) is 30.7 Å². The minimum Gasteiger partial charge on any atom is -0.393 e. The molecule has 106 valence electrons. The van der Waals surface area contributed by atoms with Gasteiger partial charge < -0.3 is 10.3 Å². The van der Waals surface area contributed by atoms with E-state index in [1.807, 2.05) is 31.3 Å².